The molecule has 39 heavy (non-hydrogen) atoms. The summed E-state index contributed by atoms with van der Waals surface area (Å²) in [5.74, 6) is 0. The van der Waals surface area contributed by atoms with Crippen molar-refractivity contribution in [3.05, 3.63) is 0 Å². The molecule has 0 aromatic heterocycles. The molecule has 0 bridgehead atoms. The van der Waals surface area contributed by atoms with Gasteiger partial charge >= 0.3 is 70.4 Å². The van der Waals surface area contributed by atoms with Crippen molar-refractivity contribution in [2.24, 2.45) is 0 Å². The van der Waals surface area contributed by atoms with E-state index in [1.807, 2.05) is 0 Å². The molecule has 0 unspecified atom stereocenters. The average Bonchev–Trinajstić information content (AvgIpc) is 0. The van der Waals surface area contributed by atoms with Crippen LogP contribution in [-0.4, -0.2) is 371 Å². The first kappa shape index (κ1) is 2410. The maximum atomic E-state index is 0. The molecule has 26 nitrogen and oxygen atoms in total. The first-order chi connectivity index (χ1) is 0. The summed E-state index contributed by atoms with van der Waals surface area (Å²) < 4.78 is 0. The third-order valence-corrected chi connectivity index (χ3v) is 0. The number of hydrogen-bond acceptors (Lipinski definition) is 4. The first-order valence-corrected chi connectivity index (χ1v) is 0. The summed E-state index contributed by atoms with van der Waals surface area (Å²) in [6, 6.07) is 0. The van der Waals surface area contributed by atoms with Gasteiger partial charge in [0.1, 0.15) is 0 Å². The maximum absolute atomic E-state index is 0. The van der Waals surface area contributed by atoms with Crippen LogP contribution in [-0.2, 0) is 0 Å². The SMILES string of the molecule is O.O.O.O.O.O.O.O.O.O.O.O.O.O.O.O.O.O.O.O.O.O.[GeH3].[GeH3].[GeH3].[GeH3].[Ge].[Ge].[Ge].[Ge].[Ge].[Ge].[Ge].[Ge].[Ge].[OH-].[OH-].[OH-].[OH-]. The zero-order valence-corrected chi connectivity index (χ0v) is 57.0. The van der Waals surface area contributed by atoms with Crippen molar-refractivity contribution in [3.63, 3.8) is 0 Å². The Bertz CT molecular complexity index is 35.8. The Morgan fingerprint density at radius 3 is 0.103 bits per heavy atom. The molecule has 39 heteroatoms. The molecule has 0 heterocycles. The summed E-state index contributed by atoms with van der Waals surface area (Å²) in [4.78, 5) is 0. The topological polar surface area (TPSA) is 813 Å². The van der Waals surface area contributed by atoms with Gasteiger partial charge in [0.25, 0.3) is 0 Å². The van der Waals surface area contributed by atoms with E-state index in [0.717, 1.165) is 0 Å². The van der Waals surface area contributed by atoms with Crippen molar-refractivity contribution in [2.45, 2.75) is 0 Å². The Hall–Kier alpha value is 6.02. The average molecular weight is 1420 g/mol. The predicted octanol–water partition coefficient (Wildman–Crippen LogP) is -27.0. The molecule has 0 spiro atoms. The van der Waals surface area contributed by atoms with Crippen molar-refractivity contribution in [1.82, 2.24) is 0 Å². The molecule has 272 valence electrons. The molecule has 0 saturated carbocycles. The molecule has 40 radical (unpaired) electrons. The zero-order chi connectivity index (χ0) is 0. The summed E-state index contributed by atoms with van der Waals surface area (Å²) in [6.07, 6.45) is 0. The Morgan fingerprint density at radius 1 is 0.103 bits per heavy atom. The van der Waals surface area contributed by atoms with E-state index in [1.54, 1.807) is 0 Å². The molecule has 48 N–H and O–H groups in total. The largest absolute Gasteiger partial charge is 0.870 e. The van der Waals surface area contributed by atoms with Gasteiger partial charge in [-0.3, -0.25) is 0 Å². The predicted molar refractivity (Wildman–Crippen MR) is 179 cm³/mol. The van der Waals surface area contributed by atoms with Gasteiger partial charge in [-0.2, -0.15) is 0 Å². The monoisotopic (exact) mass is 1440 g/mol. The fourth-order valence-electron chi connectivity index (χ4n) is 0. The van der Waals surface area contributed by atoms with E-state index in [0.29, 0.717) is 0 Å². The van der Waals surface area contributed by atoms with Crippen LogP contribution in [0.5, 0.6) is 0 Å². The molecule has 0 atom stereocenters. The second kappa shape index (κ2) is 2250. The van der Waals surface area contributed by atoms with Crippen LogP contribution in [0.25, 0.3) is 0 Å². The Morgan fingerprint density at radius 2 is 0.103 bits per heavy atom. The maximum Gasteiger partial charge on any atom is 0 e. The van der Waals surface area contributed by atoms with Gasteiger partial charge in [0.05, 0.1) is 0 Å². The van der Waals surface area contributed by atoms with Crippen LogP contribution in [0.1, 0.15) is 0 Å². The fraction of sp³-hybridized carbons (Fsp3) is 0. The Labute approximate surface area is 366 Å². The number of rotatable bonds is 0. The van der Waals surface area contributed by atoms with Crippen molar-refractivity contribution >= 4 is 229 Å². The van der Waals surface area contributed by atoms with Crippen molar-refractivity contribution < 1.29 is 142 Å². The van der Waals surface area contributed by atoms with Gasteiger partial charge in [0.15, 0.2) is 0 Å². The summed E-state index contributed by atoms with van der Waals surface area (Å²) in [7, 11) is 0. The third-order valence-electron chi connectivity index (χ3n) is 0. The first-order valence-electron chi connectivity index (χ1n) is 0. The molecular weight excluding hydrogens is 1360 g/mol. The van der Waals surface area contributed by atoms with E-state index < -0.39 is 0 Å². The molecule has 0 aliphatic heterocycles. The molecule has 0 aliphatic rings. The van der Waals surface area contributed by atoms with Crippen LogP contribution in [0.3, 0.4) is 0 Å². The Balaban J connectivity index is 0. The van der Waals surface area contributed by atoms with Crippen LogP contribution in [0, 0.1) is 0 Å². The van der Waals surface area contributed by atoms with E-state index in [4.69, 9.17) is 0 Å². The zero-order valence-electron chi connectivity index (χ0n) is 21.3. The minimum atomic E-state index is 0. The van der Waals surface area contributed by atoms with Crippen LogP contribution in [0.2, 0.25) is 0 Å². The van der Waals surface area contributed by atoms with Crippen LogP contribution in [0.4, 0.5) is 0 Å². The standard InChI is InChI=1S/4GeH3.9Ge.26H2O/h4*1H3;;;;;;;;;;26*1H2/p-4. The summed E-state index contributed by atoms with van der Waals surface area (Å²) in [6.45, 7) is 0. The van der Waals surface area contributed by atoms with Gasteiger partial charge in [-0.15, -0.1) is 0 Å². The van der Waals surface area contributed by atoms with E-state index in [2.05, 4.69) is 0 Å². The van der Waals surface area contributed by atoms with Gasteiger partial charge in [0.2, 0.25) is 0 Å². The van der Waals surface area contributed by atoms with E-state index in [9.17, 15) is 0 Å². The van der Waals surface area contributed by atoms with Gasteiger partial charge in [-0.25, -0.2) is 0 Å². The van der Waals surface area contributed by atoms with Crippen molar-refractivity contribution in [2.75, 3.05) is 0 Å². The molecule has 0 rings (SSSR count). The Kier molecular flexibility index (Phi) is 139000. The quantitative estimate of drug-likeness (QED) is 0.213. The van der Waals surface area contributed by atoms with Gasteiger partial charge in [-0.05, 0) is 0 Å². The number of hydrogen-bond donors (Lipinski definition) is 0. The van der Waals surface area contributed by atoms with E-state index in [1.165, 1.54) is 0 Å². The molecule has 0 aromatic rings. The van der Waals surface area contributed by atoms with Gasteiger partial charge < -0.3 is 142 Å². The van der Waals surface area contributed by atoms with Crippen LogP contribution in [0.15, 0.2) is 0 Å². The summed E-state index contributed by atoms with van der Waals surface area (Å²) in [5.41, 5.74) is 0. The van der Waals surface area contributed by atoms with Crippen molar-refractivity contribution in [1.29, 1.82) is 0 Å². The molecule has 0 aliphatic carbocycles. The van der Waals surface area contributed by atoms with Crippen molar-refractivity contribution in [3.8, 4) is 0 Å². The molecule has 0 aromatic carbocycles. The third kappa shape index (κ3) is 2150. The van der Waals surface area contributed by atoms with Crippen LogP contribution < -0.4 is 0 Å². The normalized spacial score (nSPS) is 0. The smallest absolute Gasteiger partial charge is 0 e. The molecule has 0 fully saturated rings. The summed E-state index contributed by atoms with van der Waals surface area (Å²) >= 11 is 0. The fourth-order valence-corrected chi connectivity index (χ4v) is 0. The minimum Gasteiger partial charge on any atom is -0.870 e. The van der Waals surface area contributed by atoms with Gasteiger partial charge in [-0.1, -0.05) is 0 Å². The van der Waals surface area contributed by atoms with Gasteiger partial charge in [0, 0.05) is 158 Å². The van der Waals surface area contributed by atoms with Crippen LogP contribution >= 0.6 is 0 Å². The molecule has 0 amide bonds. The van der Waals surface area contributed by atoms with E-state index >= 15 is 0 Å². The molecular formula is H60Ge13O26-4. The summed E-state index contributed by atoms with van der Waals surface area (Å²) in [5, 5.41) is 0. The van der Waals surface area contributed by atoms with E-state index in [-0.39, 0.29) is 371 Å². The second-order valence-electron chi connectivity index (χ2n) is 0. The minimum absolute atomic E-state index is 0. The second-order valence-corrected chi connectivity index (χ2v) is 0. The molecule has 0 saturated heterocycles.